The third-order valence-electron chi connectivity index (χ3n) is 5.03. The highest BCUT2D eigenvalue weighted by Gasteiger charge is 2.16. The molecular weight excluding hydrogens is 426 g/mol. The summed E-state index contributed by atoms with van der Waals surface area (Å²) in [5.74, 6) is -0.988. The zero-order valence-corrected chi connectivity index (χ0v) is 18.9. The maximum absolute atomic E-state index is 12.6. The molecule has 1 amide bonds. The van der Waals surface area contributed by atoms with Crippen molar-refractivity contribution < 1.29 is 14.3 Å². The van der Waals surface area contributed by atoms with Crippen LogP contribution < -0.4 is 5.32 Å². The molecule has 1 heterocycles. The number of nitrogens with zero attached hydrogens (tertiary/aromatic N) is 2. The molecule has 2 aromatic carbocycles. The van der Waals surface area contributed by atoms with Crippen LogP contribution in [-0.4, -0.2) is 23.6 Å². The lowest BCUT2D eigenvalue weighted by atomic mass is 10.1. The second kappa shape index (κ2) is 9.54. The van der Waals surface area contributed by atoms with Gasteiger partial charge in [0.15, 0.2) is 0 Å². The van der Waals surface area contributed by atoms with Gasteiger partial charge < -0.3 is 14.6 Å². The van der Waals surface area contributed by atoms with E-state index in [2.05, 4.69) is 5.32 Å². The van der Waals surface area contributed by atoms with E-state index < -0.39 is 11.9 Å². The summed E-state index contributed by atoms with van der Waals surface area (Å²) in [4.78, 5) is 24.4. The molecule has 162 valence electrons. The molecule has 3 rings (SSSR count). The van der Waals surface area contributed by atoms with Crippen molar-refractivity contribution in [3.63, 3.8) is 0 Å². The van der Waals surface area contributed by atoms with Gasteiger partial charge in [-0.3, -0.25) is 4.79 Å². The summed E-state index contributed by atoms with van der Waals surface area (Å²) in [5, 5.41) is 12.6. The van der Waals surface area contributed by atoms with E-state index in [9.17, 15) is 14.9 Å². The van der Waals surface area contributed by atoms with Crippen molar-refractivity contribution in [1.29, 1.82) is 5.26 Å². The van der Waals surface area contributed by atoms with Crippen LogP contribution >= 0.6 is 11.6 Å². The minimum absolute atomic E-state index is 0.00849. The Morgan fingerprint density at radius 1 is 1.12 bits per heavy atom. The van der Waals surface area contributed by atoms with Gasteiger partial charge in [0.25, 0.3) is 5.91 Å². The predicted octanol–water partition coefficient (Wildman–Crippen LogP) is 5.39. The molecule has 7 heteroatoms. The number of hydrogen-bond acceptors (Lipinski definition) is 4. The number of aryl methyl sites for hydroxylation is 2. The van der Waals surface area contributed by atoms with Crippen LogP contribution in [0, 0.1) is 32.1 Å². The quantitative estimate of drug-likeness (QED) is 0.323. The maximum Gasteiger partial charge on any atom is 0.339 e. The minimum Gasteiger partial charge on any atom is -0.465 e. The largest absolute Gasteiger partial charge is 0.465 e. The first kappa shape index (κ1) is 22.9. The molecule has 0 aliphatic carbocycles. The van der Waals surface area contributed by atoms with Crippen LogP contribution in [0.1, 0.15) is 32.9 Å². The lowest BCUT2D eigenvalue weighted by molar-refractivity contribution is -0.112. The van der Waals surface area contributed by atoms with Crippen molar-refractivity contribution in [2.75, 3.05) is 12.4 Å². The molecular formula is C25H22ClN3O3. The van der Waals surface area contributed by atoms with E-state index in [4.69, 9.17) is 16.3 Å². The summed E-state index contributed by atoms with van der Waals surface area (Å²) in [6.07, 6.45) is 1.56. The van der Waals surface area contributed by atoms with Crippen LogP contribution in [0.15, 0.2) is 54.1 Å². The maximum atomic E-state index is 12.6. The number of anilines is 1. The normalized spacial score (nSPS) is 11.1. The molecule has 6 nitrogen and oxygen atoms in total. The van der Waals surface area contributed by atoms with E-state index in [1.807, 2.05) is 55.7 Å². The van der Waals surface area contributed by atoms with E-state index in [1.165, 1.54) is 7.11 Å². The lowest BCUT2D eigenvalue weighted by Gasteiger charge is -2.12. The first-order chi connectivity index (χ1) is 15.2. The van der Waals surface area contributed by atoms with E-state index in [-0.39, 0.29) is 16.2 Å². The number of carbonyl (C=O) groups is 2. The van der Waals surface area contributed by atoms with Gasteiger partial charge in [0, 0.05) is 22.8 Å². The molecule has 0 fully saturated rings. The monoisotopic (exact) mass is 447 g/mol. The molecule has 0 atom stereocenters. The van der Waals surface area contributed by atoms with E-state index in [0.29, 0.717) is 5.69 Å². The van der Waals surface area contributed by atoms with E-state index in [1.54, 1.807) is 30.3 Å². The SMILES string of the molecule is COC(=O)c1ccc(-n2c(C)cc(/C=C(/C#N)C(=O)Nc3cccc(C)c3)c2C)cc1Cl. The number of carbonyl (C=O) groups excluding carboxylic acids is 2. The number of benzene rings is 2. The van der Waals surface area contributed by atoms with Gasteiger partial charge in [-0.15, -0.1) is 0 Å². The number of nitrogens with one attached hydrogen (secondary N) is 1. The average molecular weight is 448 g/mol. The Morgan fingerprint density at radius 2 is 1.88 bits per heavy atom. The van der Waals surface area contributed by atoms with Crippen molar-refractivity contribution in [3.8, 4) is 11.8 Å². The van der Waals surface area contributed by atoms with Gasteiger partial charge >= 0.3 is 5.97 Å². The van der Waals surface area contributed by atoms with Gasteiger partial charge in [-0.25, -0.2) is 4.79 Å². The highest BCUT2D eigenvalue weighted by molar-refractivity contribution is 6.33. The third kappa shape index (κ3) is 4.74. The molecule has 0 saturated carbocycles. The number of amides is 1. The number of esters is 1. The Balaban J connectivity index is 1.95. The molecule has 0 aliphatic heterocycles. The average Bonchev–Trinajstić information content (AvgIpc) is 3.04. The Hall–Kier alpha value is -3.82. The van der Waals surface area contributed by atoms with Crippen LogP contribution in [-0.2, 0) is 9.53 Å². The first-order valence-corrected chi connectivity index (χ1v) is 10.2. The topological polar surface area (TPSA) is 84.1 Å². The zero-order valence-electron chi connectivity index (χ0n) is 18.2. The summed E-state index contributed by atoms with van der Waals surface area (Å²) in [6, 6.07) is 16.3. The fourth-order valence-corrected chi connectivity index (χ4v) is 3.73. The Bertz CT molecular complexity index is 1280. The van der Waals surface area contributed by atoms with Crippen LogP contribution in [0.4, 0.5) is 5.69 Å². The van der Waals surface area contributed by atoms with Crippen LogP contribution in [0.3, 0.4) is 0 Å². The number of rotatable bonds is 5. The minimum atomic E-state index is -0.510. The van der Waals surface area contributed by atoms with E-state index in [0.717, 1.165) is 28.2 Å². The fourth-order valence-electron chi connectivity index (χ4n) is 3.48. The standard InChI is InChI=1S/C25H22ClN3O3/c1-15-6-5-7-20(10-15)28-24(30)19(14-27)12-18-11-16(2)29(17(18)3)21-8-9-22(23(26)13-21)25(31)32-4/h5-13H,1-4H3,(H,28,30)/b19-12-. The summed E-state index contributed by atoms with van der Waals surface area (Å²) in [7, 11) is 1.30. The van der Waals surface area contributed by atoms with Crippen LogP contribution in [0.25, 0.3) is 11.8 Å². The van der Waals surface area contributed by atoms with Gasteiger partial charge in [-0.05, 0) is 74.4 Å². The van der Waals surface area contributed by atoms with Gasteiger partial charge in [-0.2, -0.15) is 5.26 Å². The summed E-state index contributed by atoms with van der Waals surface area (Å²) < 4.78 is 6.67. The Morgan fingerprint density at radius 3 is 2.50 bits per heavy atom. The van der Waals surface area contributed by atoms with Gasteiger partial charge in [0.05, 0.1) is 17.7 Å². The van der Waals surface area contributed by atoms with Crippen molar-refractivity contribution in [2.24, 2.45) is 0 Å². The summed E-state index contributed by atoms with van der Waals surface area (Å²) >= 11 is 6.28. The number of ether oxygens (including phenoxy) is 1. The predicted molar refractivity (Wildman–Crippen MR) is 125 cm³/mol. The Labute approximate surface area is 191 Å². The third-order valence-corrected chi connectivity index (χ3v) is 5.34. The van der Waals surface area contributed by atoms with Gasteiger partial charge in [0.2, 0.25) is 0 Å². The van der Waals surface area contributed by atoms with Gasteiger partial charge in [-0.1, -0.05) is 23.7 Å². The summed E-state index contributed by atoms with van der Waals surface area (Å²) in [6.45, 7) is 5.72. The molecule has 0 bridgehead atoms. The second-order valence-electron chi connectivity index (χ2n) is 7.31. The lowest BCUT2D eigenvalue weighted by Crippen LogP contribution is -2.13. The van der Waals surface area contributed by atoms with Crippen molar-refractivity contribution in [1.82, 2.24) is 4.57 Å². The van der Waals surface area contributed by atoms with Crippen molar-refractivity contribution in [3.05, 3.63) is 87.2 Å². The van der Waals surface area contributed by atoms with Crippen molar-refractivity contribution in [2.45, 2.75) is 20.8 Å². The number of nitriles is 1. The molecule has 32 heavy (non-hydrogen) atoms. The molecule has 0 aliphatic rings. The zero-order chi connectivity index (χ0) is 23.4. The highest BCUT2D eigenvalue weighted by Crippen LogP contribution is 2.27. The Kier molecular flexibility index (Phi) is 6.82. The highest BCUT2D eigenvalue weighted by atomic mass is 35.5. The van der Waals surface area contributed by atoms with Crippen molar-refractivity contribution >= 4 is 35.2 Å². The summed E-state index contributed by atoms with van der Waals surface area (Å²) in [5.41, 5.74) is 5.08. The molecule has 0 saturated heterocycles. The van der Waals surface area contributed by atoms with E-state index >= 15 is 0 Å². The van der Waals surface area contributed by atoms with Gasteiger partial charge in [0.1, 0.15) is 11.6 Å². The van der Waals surface area contributed by atoms with Crippen LogP contribution in [0.2, 0.25) is 5.02 Å². The number of hydrogen-bond donors (Lipinski definition) is 1. The molecule has 0 unspecified atom stereocenters. The number of aromatic nitrogens is 1. The molecule has 1 aromatic heterocycles. The fraction of sp³-hybridized carbons (Fsp3) is 0.160. The second-order valence-corrected chi connectivity index (χ2v) is 7.72. The molecule has 3 aromatic rings. The van der Waals surface area contributed by atoms with Crippen LogP contribution in [0.5, 0.6) is 0 Å². The molecule has 1 N–H and O–H groups in total. The number of halogens is 1. The number of methoxy groups -OCH3 is 1. The molecule has 0 radical (unpaired) electrons. The molecule has 0 spiro atoms. The first-order valence-electron chi connectivity index (χ1n) is 9.82. The smallest absolute Gasteiger partial charge is 0.339 e.